The minimum absolute atomic E-state index is 0.562. The van der Waals surface area contributed by atoms with Crippen LogP contribution in [0.3, 0.4) is 0 Å². The summed E-state index contributed by atoms with van der Waals surface area (Å²) < 4.78 is 0. The zero-order chi connectivity index (χ0) is 13.3. The van der Waals surface area contributed by atoms with E-state index >= 15 is 0 Å². The summed E-state index contributed by atoms with van der Waals surface area (Å²) in [5.74, 6) is 1.89. The Balaban J connectivity index is 1.85. The number of hydrogen-bond acceptors (Lipinski definition) is 3. The van der Waals surface area contributed by atoms with Crippen molar-refractivity contribution < 1.29 is 9.90 Å². The first kappa shape index (κ1) is 13.8. The van der Waals surface area contributed by atoms with Crippen LogP contribution in [-0.2, 0) is 4.79 Å². The molecular weight excluding hydrogens is 228 g/mol. The van der Waals surface area contributed by atoms with Crippen LogP contribution in [0.2, 0.25) is 0 Å². The molecule has 0 spiro atoms. The first-order chi connectivity index (χ1) is 8.44. The van der Waals surface area contributed by atoms with E-state index in [9.17, 15) is 9.90 Å². The Morgan fingerprint density at radius 1 is 1.44 bits per heavy atom. The van der Waals surface area contributed by atoms with Crippen molar-refractivity contribution in [2.24, 2.45) is 17.8 Å². The second kappa shape index (κ2) is 5.17. The summed E-state index contributed by atoms with van der Waals surface area (Å²) in [6.45, 7) is 3.37. The van der Waals surface area contributed by atoms with Crippen molar-refractivity contribution in [3.63, 3.8) is 0 Å². The van der Waals surface area contributed by atoms with Gasteiger partial charge in [0.05, 0.1) is 0 Å². The molecule has 2 aliphatic rings. The van der Waals surface area contributed by atoms with E-state index in [1.165, 1.54) is 25.7 Å². The third kappa shape index (κ3) is 2.69. The Bertz CT molecular complexity index is 321. The molecule has 0 heterocycles. The summed E-state index contributed by atoms with van der Waals surface area (Å²) >= 11 is 0. The molecule has 4 nitrogen and oxygen atoms in total. The van der Waals surface area contributed by atoms with E-state index in [4.69, 9.17) is 0 Å². The Hall–Kier alpha value is -0.610. The quantitative estimate of drug-likeness (QED) is 0.752. The second-order valence-electron chi connectivity index (χ2n) is 6.52. The summed E-state index contributed by atoms with van der Waals surface area (Å²) in [5, 5.41) is 12.2. The number of carboxylic acids is 1. The number of hydrogen-bond donors (Lipinski definition) is 2. The van der Waals surface area contributed by atoms with Gasteiger partial charge < -0.3 is 15.3 Å². The minimum atomic E-state index is -0.841. The van der Waals surface area contributed by atoms with Gasteiger partial charge in [0.2, 0.25) is 0 Å². The van der Waals surface area contributed by atoms with Crippen LogP contribution in [-0.4, -0.2) is 48.7 Å². The predicted octanol–water partition coefficient (Wildman–Crippen LogP) is 1.42. The molecule has 0 aromatic carbocycles. The van der Waals surface area contributed by atoms with Crippen molar-refractivity contribution in [2.45, 2.75) is 38.1 Å². The van der Waals surface area contributed by atoms with Crippen molar-refractivity contribution in [3.05, 3.63) is 0 Å². The van der Waals surface area contributed by atoms with Gasteiger partial charge in [-0.1, -0.05) is 6.42 Å². The van der Waals surface area contributed by atoms with Gasteiger partial charge in [0.25, 0.3) is 0 Å². The lowest BCUT2D eigenvalue weighted by Crippen LogP contribution is -2.55. The van der Waals surface area contributed by atoms with Crippen LogP contribution in [0, 0.1) is 17.8 Å². The molecule has 4 heteroatoms. The molecular formula is C14H26N2O2. The fourth-order valence-electron chi connectivity index (χ4n) is 3.86. The highest BCUT2D eigenvalue weighted by Crippen LogP contribution is 2.48. The fourth-order valence-corrected chi connectivity index (χ4v) is 3.86. The van der Waals surface area contributed by atoms with Crippen LogP contribution in [0.5, 0.6) is 0 Å². The number of fused-ring (bicyclic) bond motifs is 2. The van der Waals surface area contributed by atoms with Gasteiger partial charge in [-0.05, 0) is 58.0 Å². The molecule has 2 aliphatic carbocycles. The highest BCUT2D eigenvalue weighted by Gasteiger charge is 2.40. The second-order valence-corrected chi connectivity index (χ2v) is 6.52. The Kier molecular flexibility index (Phi) is 3.97. The number of rotatable bonds is 6. The SMILES string of the molecule is CNC(C)(CN(C)CC1CC2CCC1C2)C(=O)O. The largest absolute Gasteiger partial charge is 0.480 e. The topological polar surface area (TPSA) is 52.6 Å². The lowest BCUT2D eigenvalue weighted by molar-refractivity contribution is -0.144. The van der Waals surface area contributed by atoms with Gasteiger partial charge in [0, 0.05) is 13.1 Å². The number of aliphatic carboxylic acids is 1. The highest BCUT2D eigenvalue weighted by molar-refractivity contribution is 5.78. The molecule has 4 unspecified atom stereocenters. The van der Waals surface area contributed by atoms with Gasteiger partial charge in [-0.2, -0.15) is 0 Å². The van der Waals surface area contributed by atoms with Crippen LogP contribution in [0.1, 0.15) is 32.6 Å². The zero-order valence-corrected chi connectivity index (χ0v) is 11.8. The van der Waals surface area contributed by atoms with Crippen LogP contribution < -0.4 is 5.32 Å². The number of carbonyl (C=O) groups is 1. The third-order valence-corrected chi connectivity index (χ3v) is 5.04. The van der Waals surface area contributed by atoms with E-state index in [2.05, 4.69) is 10.2 Å². The standard InChI is InChI=1S/C14H26N2O2/c1-14(15-2,13(17)18)9-16(3)8-12-7-10-4-5-11(12)6-10/h10-12,15H,4-9H2,1-3H3,(H,17,18). The smallest absolute Gasteiger partial charge is 0.324 e. The lowest BCUT2D eigenvalue weighted by atomic mass is 9.88. The molecule has 18 heavy (non-hydrogen) atoms. The maximum Gasteiger partial charge on any atom is 0.324 e. The third-order valence-electron chi connectivity index (χ3n) is 5.04. The Morgan fingerprint density at radius 3 is 2.61 bits per heavy atom. The first-order valence-corrected chi connectivity index (χ1v) is 7.05. The van der Waals surface area contributed by atoms with Gasteiger partial charge in [-0.15, -0.1) is 0 Å². The molecule has 0 aromatic rings. The van der Waals surface area contributed by atoms with E-state index in [1.807, 2.05) is 7.05 Å². The number of nitrogens with zero attached hydrogens (tertiary/aromatic N) is 1. The van der Waals surface area contributed by atoms with Crippen molar-refractivity contribution in [1.29, 1.82) is 0 Å². The number of likely N-dealkylation sites (N-methyl/N-ethyl adjacent to an activating group) is 2. The van der Waals surface area contributed by atoms with Crippen LogP contribution in [0.15, 0.2) is 0 Å². The van der Waals surface area contributed by atoms with E-state index < -0.39 is 11.5 Å². The molecule has 0 radical (unpaired) electrons. The van der Waals surface area contributed by atoms with Gasteiger partial charge in [-0.25, -0.2) is 0 Å². The summed E-state index contributed by atoms with van der Waals surface area (Å²) in [4.78, 5) is 13.5. The van der Waals surface area contributed by atoms with Crippen LogP contribution in [0.25, 0.3) is 0 Å². The van der Waals surface area contributed by atoms with Crippen molar-refractivity contribution in [3.8, 4) is 0 Å². The Labute approximate surface area is 110 Å². The summed E-state index contributed by atoms with van der Waals surface area (Å²) in [6.07, 6.45) is 5.60. The monoisotopic (exact) mass is 254 g/mol. The van der Waals surface area contributed by atoms with E-state index in [1.54, 1.807) is 14.0 Å². The summed E-state index contributed by atoms with van der Waals surface area (Å²) in [5.41, 5.74) is -0.841. The summed E-state index contributed by atoms with van der Waals surface area (Å²) in [7, 11) is 3.77. The molecule has 0 aliphatic heterocycles. The molecule has 2 bridgehead atoms. The molecule has 0 saturated heterocycles. The van der Waals surface area contributed by atoms with E-state index in [-0.39, 0.29) is 0 Å². The van der Waals surface area contributed by atoms with Crippen molar-refractivity contribution in [2.75, 3.05) is 27.2 Å². The number of nitrogens with one attached hydrogen (secondary N) is 1. The molecule has 104 valence electrons. The average Bonchev–Trinajstić information content (AvgIpc) is 2.90. The van der Waals surface area contributed by atoms with E-state index in [0.717, 1.165) is 24.3 Å². The molecule has 2 rings (SSSR count). The Morgan fingerprint density at radius 2 is 2.17 bits per heavy atom. The number of carboxylic acid groups (broad SMARTS) is 1. The fraction of sp³-hybridized carbons (Fsp3) is 0.929. The van der Waals surface area contributed by atoms with E-state index in [0.29, 0.717) is 6.54 Å². The molecule has 2 fully saturated rings. The molecule has 2 N–H and O–H groups in total. The van der Waals surface area contributed by atoms with Gasteiger partial charge >= 0.3 is 5.97 Å². The maximum absolute atomic E-state index is 11.3. The molecule has 0 aromatic heterocycles. The van der Waals surface area contributed by atoms with Crippen LogP contribution >= 0.6 is 0 Å². The van der Waals surface area contributed by atoms with Gasteiger partial charge in [0.15, 0.2) is 0 Å². The molecule has 0 amide bonds. The lowest BCUT2D eigenvalue weighted by Gasteiger charge is -2.33. The maximum atomic E-state index is 11.3. The van der Waals surface area contributed by atoms with Crippen LogP contribution in [0.4, 0.5) is 0 Å². The minimum Gasteiger partial charge on any atom is -0.480 e. The zero-order valence-electron chi connectivity index (χ0n) is 11.8. The predicted molar refractivity (Wildman–Crippen MR) is 71.5 cm³/mol. The van der Waals surface area contributed by atoms with Crippen molar-refractivity contribution in [1.82, 2.24) is 10.2 Å². The normalized spacial score (nSPS) is 33.9. The van der Waals surface area contributed by atoms with Gasteiger partial charge in [0.1, 0.15) is 5.54 Å². The summed E-state index contributed by atoms with van der Waals surface area (Å²) in [6, 6.07) is 0. The molecule has 2 saturated carbocycles. The first-order valence-electron chi connectivity index (χ1n) is 7.05. The average molecular weight is 254 g/mol. The van der Waals surface area contributed by atoms with Crippen molar-refractivity contribution >= 4 is 5.97 Å². The highest BCUT2D eigenvalue weighted by atomic mass is 16.4. The van der Waals surface area contributed by atoms with Gasteiger partial charge in [-0.3, -0.25) is 4.79 Å². The molecule has 4 atom stereocenters.